The standard InChI is InChI=1S/C16H26N2O2S/c1-5-14-11-18(15(6-2)10-17-14)21(19,20)16-9-12(3)7-8-13(16)4/h7-9,14-15,17H,5-6,10-11H2,1-4H3. The highest BCUT2D eigenvalue weighted by molar-refractivity contribution is 7.89. The van der Waals surface area contributed by atoms with E-state index in [0.717, 1.165) is 30.5 Å². The Morgan fingerprint density at radius 3 is 2.57 bits per heavy atom. The Kier molecular flexibility index (Phi) is 5.07. The molecular weight excluding hydrogens is 284 g/mol. The van der Waals surface area contributed by atoms with Crippen molar-refractivity contribution >= 4 is 10.0 Å². The van der Waals surface area contributed by atoms with Crippen molar-refractivity contribution in [3.8, 4) is 0 Å². The molecule has 0 amide bonds. The molecule has 1 aromatic rings. The van der Waals surface area contributed by atoms with Crippen LogP contribution < -0.4 is 5.32 Å². The van der Waals surface area contributed by atoms with Crippen molar-refractivity contribution < 1.29 is 8.42 Å². The van der Waals surface area contributed by atoms with Crippen LogP contribution in [0.1, 0.15) is 37.8 Å². The Bertz CT molecular complexity index is 598. The number of aryl methyl sites for hydroxylation is 2. The lowest BCUT2D eigenvalue weighted by Gasteiger charge is -2.39. The molecule has 1 fully saturated rings. The lowest BCUT2D eigenvalue weighted by Crippen LogP contribution is -2.57. The summed E-state index contributed by atoms with van der Waals surface area (Å²) in [5.41, 5.74) is 1.80. The first-order chi connectivity index (χ1) is 9.90. The summed E-state index contributed by atoms with van der Waals surface area (Å²) in [4.78, 5) is 0.456. The van der Waals surface area contributed by atoms with Crippen LogP contribution >= 0.6 is 0 Å². The molecule has 5 heteroatoms. The van der Waals surface area contributed by atoms with Crippen LogP contribution in [0.25, 0.3) is 0 Å². The third kappa shape index (κ3) is 3.30. The summed E-state index contributed by atoms with van der Waals surface area (Å²) in [6, 6.07) is 5.92. The molecule has 2 rings (SSSR count). The lowest BCUT2D eigenvalue weighted by atomic mass is 10.1. The highest BCUT2D eigenvalue weighted by Crippen LogP contribution is 2.26. The predicted molar refractivity (Wildman–Crippen MR) is 86.0 cm³/mol. The summed E-state index contributed by atoms with van der Waals surface area (Å²) in [7, 11) is -3.43. The number of benzene rings is 1. The van der Waals surface area contributed by atoms with Crippen LogP contribution in [0.15, 0.2) is 23.1 Å². The summed E-state index contributed by atoms with van der Waals surface area (Å²) < 4.78 is 27.9. The van der Waals surface area contributed by atoms with Gasteiger partial charge in [0.25, 0.3) is 0 Å². The minimum Gasteiger partial charge on any atom is -0.311 e. The Hall–Kier alpha value is -0.910. The molecule has 1 aliphatic heterocycles. The van der Waals surface area contributed by atoms with E-state index >= 15 is 0 Å². The van der Waals surface area contributed by atoms with Crippen molar-refractivity contribution in [2.75, 3.05) is 13.1 Å². The normalized spacial score (nSPS) is 24.2. The Morgan fingerprint density at radius 2 is 1.95 bits per heavy atom. The number of nitrogens with one attached hydrogen (secondary N) is 1. The molecule has 0 saturated carbocycles. The van der Waals surface area contributed by atoms with Crippen molar-refractivity contribution in [1.29, 1.82) is 0 Å². The topological polar surface area (TPSA) is 49.4 Å². The fraction of sp³-hybridized carbons (Fsp3) is 0.625. The van der Waals surface area contributed by atoms with Crippen molar-refractivity contribution in [2.45, 2.75) is 57.5 Å². The quantitative estimate of drug-likeness (QED) is 0.929. The maximum absolute atomic E-state index is 13.1. The maximum atomic E-state index is 13.1. The lowest BCUT2D eigenvalue weighted by molar-refractivity contribution is 0.215. The number of piperazine rings is 1. The zero-order valence-corrected chi connectivity index (χ0v) is 14.2. The van der Waals surface area contributed by atoms with Gasteiger partial charge in [-0.05, 0) is 43.9 Å². The molecule has 1 aromatic carbocycles. The van der Waals surface area contributed by atoms with E-state index in [2.05, 4.69) is 12.2 Å². The molecule has 118 valence electrons. The van der Waals surface area contributed by atoms with Gasteiger partial charge in [-0.2, -0.15) is 4.31 Å². The minimum absolute atomic E-state index is 0.0395. The zero-order chi connectivity index (χ0) is 15.6. The molecule has 2 atom stereocenters. The number of hydrogen-bond donors (Lipinski definition) is 1. The SMILES string of the molecule is CCC1CN(S(=O)(=O)c2cc(C)ccc2C)C(CC)CN1. The van der Waals surface area contributed by atoms with Crippen LogP contribution in [-0.2, 0) is 10.0 Å². The van der Waals surface area contributed by atoms with Gasteiger partial charge < -0.3 is 5.32 Å². The molecule has 1 saturated heterocycles. The fourth-order valence-corrected chi connectivity index (χ4v) is 4.92. The zero-order valence-electron chi connectivity index (χ0n) is 13.4. The first kappa shape index (κ1) is 16.5. The molecule has 0 aromatic heterocycles. The van der Waals surface area contributed by atoms with E-state index < -0.39 is 10.0 Å². The average molecular weight is 310 g/mol. The number of hydrogen-bond acceptors (Lipinski definition) is 3. The maximum Gasteiger partial charge on any atom is 0.243 e. The number of nitrogens with zero attached hydrogens (tertiary/aromatic N) is 1. The molecule has 1 N–H and O–H groups in total. The van der Waals surface area contributed by atoms with E-state index in [1.165, 1.54) is 0 Å². The fourth-order valence-electron chi connectivity index (χ4n) is 2.86. The van der Waals surface area contributed by atoms with Gasteiger partial charge in [-0.25, -0.2) is 8.42 Å². The van der Waals surface area contributed by atoms with E-state index in [1.54, 1.807) is 10.4 Å². The van der Waals surface area contributed by atoms with Crippen LogP contribution in [0.5, 0.6) is 0 Å². The molecular formula is C16H26N2O2S. The molecule has 0 aliphatic carbocycles. The highest BCUT2D eigenvalue weighted by Gasteiger charge is 2.36. The van der Waals surface area contributed by atoms with Crippen molar-refractivity contribution in [2.24, 2.45) is 0 Å². The van der Waals surface area contributed by atoms with E-state index in [1.807, 2.05) is 32.9 Å². The second-order valence-corrected chi connectivity index (χ2v) is 7.78. The summed E-state index contributed by atoms with van der Waals surface area (Å²) >= 11 is 0. The van der Waals surface area contributed by atoms with Crippen LogP contribution in [0.2, 0.25) is 0 Å². The Labute approximate surface area is 128 Å². The summed E-state index contributed by atoms with van der Waals surface area (Å²) in [6.45, 7) is 9.23. The van der Waals surface area contributed by atoms with Gasteiger partial charge in [0.05, 0.1) is 4.90 Å². The smallest absolute Gasteiger partial charge is 0.243 e. The van der Waals surface area contributed by atoms with E-state index in [4.69, 9.17) is 0 Å². The predicted octanol–water partition coefficient (Wildman–Crippen LogP) is 2.45. The first-order valence-corrected chi connectivity index (χ1v) is 9.16. The minimum atomic E-state index is -3.43. The second kappa shape index (κ2) is 6.46. The summed E-state index contributed by atoms with van der Waals surface area (Å²) in [5, 5.41) is 3.44. The van der Waals surface area contributed by atoms with Crippen LogP contribution in [0.4, 0.5) is 0 Å². The molecule has 0 radical (unpaired) electrons. The van der Waals surface area contributed by atoms with E-state index in [9.17, 15) is 8.42 Å². The number of sulfonamides is 1. The molecule has 21 heavy (non-hydrogen) atoms. The van der Waals surface area contributed by atoms with Crippen molar-refractivity contribution in [3.63, 3.8) is 0 Å². The van der Waals surface area contributed by atoms with Crippen LogP contribution in [0.3, 0.4) is 0 Å². The first-order valence-electron chi connectivity index (χ1n) is 7.72. The molecule has 2 unspecified atom stereocenters. The third-order valence-electron chi connectivity index (χ3n) is 4.34. The van der Waals surface area contributed by atoms with Gasteiger partial charge in [0.1, 0.15) is 0 Å². The molecule has 0 spiro atoms. The highest BCUT2D eigenvalue weighted by atomic mass is 32.2. The van der Waals surface area contributed by atoms with E-state index in [0.29, 0.717) is 11.4 Å². The second-order valence-electron chi connectivity index (χ2n) is 5.92. The van der Waals surface area contributed by atoms with Gasteiger partial charge in [-0.3, -0.25) is 0 Å². The largest absolute Gasteiger partial charge is 0.311 e. The Balaban J connectivity index is 2.42. The van der Waals surface area contributed by atoms with Crippen molar-refractivity contribution in [1.82, 2.24) is 9.62 Å². The van der Waals surface area contributed by atoms with Crippen molar-refractivity contribution in [3.05, 3.63) is 29.3 Å². The summed E-state index contributed by atoms with van der Waals surface area (Å²) in [5.74, 6) is 0. The average Bonchev–Trinajstić information content (AvgIpc) is 2.48. The van der Waals surface area contributed by atoms with Gasteiger partial charge in [0.15, 0.2) is 0 Å². The van der Waals surface area contributed by atoms with Gasteiger partial charge >= 0.3 is 0 Å². The Morgan fingerprint density at radius 1 is 1.24 bits per heavy atom. The molecule has 0 bridgehead atoms. The van der Waals surface area contributed by atoms with Crippen LogP contribution in [0, 0.1) is 13.8 Å². The van der Waals surface area contributed by atoms with Gasteiger partial charge in [0, 0.05) is 25.2 Å². The molecule has 4 nitrogen and oxygen atoms in total. The number of rotatable bonds is 4. The van der Waals surface area contributed by atoms with Gasteiger partial charge in [0.2, 0.25) is 10.0 Å². The summed E-state index contributed by atoms with van der Waals surface area (Å²) in [6.07, 6.45) is 1.77. The van der Waals surface area contributed by atoms with Crippen LogP contribution in [-0.4, -0.2) is 37.9 Å². The molecule has 1 aliphatic rings. The monoisotopic (exact) mass is 310 g/mol. The third-order valence-corrected chi connectivity index (χ3v) is 6.40. The van der Waals surface area contributed by atoms with E-state index in [-0.39, 0.29) is 12.1 Å². The van der Waals surface area contributed by atoms with Gasteiger partial charge in [-0.15, -0.1) is 0 Å². The van der Waals surface area contributed by atoms with Gasteiger partial charge in [-0.1, -0.05) is 26.0 Å². The molecule has 1 heterocycles.